The Balaban J connectivity index is 1.77. The molecular weight excluding hydrogens is 319 g/mol. The Hall–Kier alpha value is -1.41. The molecule has 0 amide bonds. The number of hydrogen-bond donors (Lipinski definition) is 0. The van der Waals surface area contributed by atoms with Gasteiger partial charge in [-0.3, -0.25) is 0 Å². The van der Waals surface area contributed by atoms with E-state index in [1.807, 2.05) is 60.7 Å². The molecule has 0 aromatic heterocycles. The van der Waals surface area contributed by atoms with Crippen LogP contribution in [0.25, 0.3) is 0 Å². The third-order valence-corrected chi connectivity index (χ3v) is 8.85. The van der Waals surface area contributed by atoms with Crippen LogP contribution in [0.2, 0.25) is 0 Å². The summed E-state index contributed by atoms with van der Waals surface area (Å²) in [6, 6.07) is 19.9. The lowest BCUT2D eigenvalue weighted by Gasteiger charge is -2.39. The second-order valence-electron chi connectivity index (χ2n) is 6.69. The van der Waals surface area contributed by atoms with Crippen LogP contribution >= 0.6 is 7.14 Å². The van der Waals surface area contributed by atoms with Gasteiger partial charge in [-0.05, 0) is 12.8 Å². The monoisotopic (exact) mass is 342 g/mol. The Morgan fingerprint density at radius 3 is 1.96 bits per heavy atom. The minimum Gasteiger partial charge on any atom is -0.348 e. The van der Waals surface area contributed by atoms with Crippen LogP contribution in [0.5, 0.6) is 0 Å². The summed E-state index contributed by atoms with van der Waals surface area (Å²) in [5.74, 6) is -0.512. The number of benzene rings is 2. The van der Waals surface area contributed by atoms with Crippen molar-refractivity contribution in [3.8, 4) is 0 Å². The van der Waals surface area contributed by atoms with Gasteiger partial charge in [-0.25, -0.2) is 0 Å². The zero-order chi connectivity index (χ0) is 16.5. The highest BCUT2D eigenvalue weighted by molar-refractivity contribution is 7.79. The molecule has 2 aromatic carbocycles. The van der Waals surface area contributed by atoms with Crippen LogP contribution in [0.3, 0.4) is 0 Å². The van der Waals surface area contributed by atoms with Gasteiger partial charge < -0.3 is 14.0 Å². The minimum absolute atomic E-state index is 0.0640. The van der Waals surface area contributed by atoms with Gasteiger partial charge in [-0.15, -0.1) is 0 Å². The summed E-state index contributed by atoms with van der Waals surface area (Å²) >= 11 is 0. The quantitative estimate of drug-likeness (QED) is 0.798. The highest BCUT2D eigenvalue weighted by Gasteiger charge is 2.48. The first-order chi connectivity index (χ1) is 11.7. The molecule has 1 unspecified atom stereocenters. The smallest absolute Gasteiger partial charge is 0.169 e. The molecule has 0 radical (unpaired) electrons. The highest BCUT2D eigenvalue weighted by atomic mass is 31.2. The minimum atomic E-state index is -2.74. The Morgan fingerprint density at radius 1 is 0.875 bits per heavy atom. The number of ether oxygens (including phenoxy) is 2. The summed E-state index contributed by atoms with van der Waals surface area (Å²) in [5.41, 5.74) is 0.0640. The summed E-state index contributed by atoms with van der Waals surface area (Å²) in [6.07, 6.45) is 3.57. The van der Waals surface area contributed by atoms with Crippen molar-refractivity contribution in [1.82, 2.24) is 0 Å². The average Bonchev–Trinajstić information content (AvgIpc) is 3.10. The van der Waals surface area contributed by atoms with E-state index in [4.69, 9.17) is 9.47 Å². The molecule has 1 aliphatic heterocycles. The third kappa shape index (κ3) is 2.75. The second kappa shape index (κ2) is 6.48. The van der Waals surface area contributed by atoms with Crippen molar-refractivity contribution in [2.24, 2.45) is 0 Å². The van der Waals surface area contributed by atoms with Gasteiger partial charge in [0.2, 0.25) is 0 Å². The van der Waals surface area contributed by atoms with Gasteiger partial charge in [0.15, 0.2) is 5.79 Å². The number of hydrogen-bond acceptors (Lipinski definition) is 3. The Bertz CT molecular complexity index is 680. The summed E-state index contributed by atoms with van der Waals surface area (Å²) in [7, 11) is -2.74. The van der Waals surface area contributed by atoms with E-state index < -0.39 is 12.9 Å². The zero-order valence-corrected chi connectivity index (χ0v) is 14.7. The molecule has 0 bridgehead atoms. The van der Waals surface area contributed by atoms with Crippen LogP contribution in [-0.4, -0.2) is 24.7 Å². The molecule has 0 N–H and O–H groups in total. The fraction of sp³-hybridized carbons (Fsp3) is 0.400. The van der Waals surface area contributed by atoms with E-state index in [9.17, 15) is 4.57 Å². The zero-order valence-electron chi connectivity index (χ0n) is 13.8. The molecule has 1 saturated heterocycles. The van der Waals surface area contributed by atoms with E-state index in [1.54, 1.807) is 0 Å². The fourth-order valence-corrected chi connectivity index (χ4v) is 7.56. The lowest BCUT2D eigenvalue weighted by atomic mass is 9.94. The van der Waals surface area contributed by atoms with E-state index in [0.717, 1.165) is 29.9 Å². The van der Waals surface area contributed by atoms with Crippen molar-refractivity contribution < 1.29 is 14.0 Å². The molecule has 24 heavy (non-hydrogen) atoms. The maximum absolute atomic E-state index is 14.4. The molecule has 3 nitrogen and oxygen atoms in total. The van der Waals surface area contributed by atoms with E-state index >= 15 is 0 Å². The Kier molecular flexibility index (Phi) is 4.34. The van der Waals surface area contributed by atoms with Crippen LogP contribution in [0.4, 0.5) is 0 Å². The summed E-state index contributed by atoms with van der Waals surface area (Å²) in [4.78, 5) is 0. The van der Waals surface area contributed by atoms with Crippen LogP contribution in [0.15, 0.2) is 60.7 Å². The lowest BCUT2D eigenvalue weighted by molar-refractivity contribution is -0.175. The molecule has 126 valence electrons. The Morgan fingerprint density at radius 2 is 1.42 bits per heavy atom. The predicted molar refractivity (Wildman–Crippen MR) is 96.6 cm³/mol. The maximum Gasteiger partial charge on any atom is 0.169 e. The van der Waals surface area contributed by atoms with E-state index in [1.165, 1.54) is 0 Å². The normalized spacial score (nSPS) is 23.4. The van der Waals surface area contributed by atoms with Gasteiger partial charge in [-0.2, -0.15) is 0 Å². The first-order valence-electron chi connectivity index (χ1n) is 8.72. The van der Waals surface area contributed by atoms with E-state index in [0.29, 0.717) is 19.6 Å². The molecule has 1 spiro atoms. The molecule has 1 aliphatic carbocycles. The second-order valence-corrected chi connectivity index (χ2v) is 9.77. The molecule has 2 fully saturated rings. The molecule has 2 aliphatic rings. The maximum atomic E-state index is 14.4. The highest BCUT2D eigenvalue weighted by Crippen LogP contribution is 2.56. The summed E-state index contributed by atoms with van der Waals surface area (Å²) in [5, 5.41) is 1.88. The van der Waals surface area contributed by atoms with Crippen molar-refractivity contribution in [2.75, 3.05) is 13.2 Å². The molecule has 4 rings (SSSR count). The van der Waals surface area contributed by atoms with Crippen molar-refractivity contribution in [3.05, 3.63) is 60.7 Å². The van der Waals surface area contributed by atoms with Crippen molar-refractivity contribution in [1.29, 1.82) is 0 Å². The van der Waals surface area contributed by atoms with E-state index in [2.05, 4.69) is 0 Å². The predicted octanol–water partition coefficient (Wildman–Crippen LogP) is 3.69. The van der Waals surface area contributed by atoms with Crippen LogP contribution in [0, 0.1) is 0 Å². The molecule has 1 heterocycles. The lowest BCUT2D eigenvalue weighted by Crippen LogP contribution is -2.41. The van der Waals surface area contributed by atoms with Gasteiger partial charge in [0.1, 0.15) is 7.14 Å². The molecule has 2 aromatic rings. The Labute approximate surface area is 143 Å². The van der Waals surface area contributed by atoms with Crippen molar-refractivity contribution >= 4 is 17.8 Å². The van der Waals surface area contributed by atoms with Crippen molar-refractivity contribution in [2.45, 2.75) is 37.1 Å². The molecule has 1 atom stereocenters. The largest absolute Gasteiger partial charge is 0.348 e. The first-order valence-corrected chi connectivity index (χ1v) is 10.5. The topological polar surface area (TPSA) is 35.5 Å². The molecule has 1 saturated carbocycles. The van der Waals surface area contributed by atoms with Gasteiger partial charge >= 0.3 is 0 Å². The fourth-order valence-electron chi connectivity index (χ4n) is 4.11. The third-order valence-electron chi connectivity index (χ3n) is 5.25. The van der Waals surface area contributed by atoms with Gasteiger partial charge in [-0.1, -0.05) is 60.7 Å². The van der Waals surface area contributed by atoms with Gasteiger partial charge in [0, 0.05) is 29.1 Å². The van der Waals surface area contributed by atoms with Crippen LogP contribution in [0.1, 0.15) is 25.7 Å². The van der Waals surface area contributed by atoms with Gasteiger partial charge in [0.05, 0.1) is 13.2 Å². The molecule has 4 heteroatoms. The van der Waals surface area contributed by atoms with E-state index in [-0.39, 0.29) is 5.66 Å². The standard InChI is InChI=1S/C20H23O3P/c21-24(17-8-3-1-4-9-17,18-10-5-2-6-11-18)19-12-7-13-20(16-19)22-14-15-23-20/h1-6,8-11,19H,7,12-16H2. The summed E-state index contributed by atoms with van der Waals surface area (Å²) < 4.78 is 26.3. The van der Waals surface area contributed by atoms with Crippen molar-refractivity contribution in [3.63, 3.8) is 0 Å². The van der Waals surface area contributed by atoms with Gasteiger partial charge in [0.25, 0.3) is 0 Å². The van der Waals surface area contributed by atoms with Crippen LogP contribution in [-0.2, 0) is 14.0 Å². The molecular formula is C20H23O3P. The number of rotatable bonds is 3. The first kappa shape index (κ1) is 16.1. The van der Waals surface area contributed by atoms with Crippen LogP contribution < -0.4 is 10.6 Å². The summed E-state index contributed by atoms with van der Waals surface area (Å²) in [6.45, 7) is 1.29. The average molecular weight is 342 g/mol. The SMILES string of the molecule is O=P(c1ccccc1)(c1ccccc1)C1CCCC2(C1)OCCO2.